The van der Waals surface area contributed by atoms with E-state index in [-0.39, 0.29) is 12.1 Å². The summed E-state index contributed by atoms with van der Waals surface area (Å²) in [6, 6.07) is 3.58. The number of carbonyl (C=O) groups is 1. The molecule has 124 valence electrons. The number of nitrogens with zero attached hydrogens (tertiary/aromatic N) is 3. The highest BCUT2D eigenvalue weighted by molar-refractivity contribution is 7.09. The third-order valence-corrected chi connectivity index (χ3v) is 4.46. The van der Waals surface area contributed by atoms with Crippen LogP contribution in [0.2, 0.25) is 0 Å². The average molecular weight is 333 g/mol. The maximum atomic E-state index is 12.2. The Bertz CT molecular complexity index is 655. The predicted molar refractivity (Wildman–Crippen MR) is 93.8 cm³/mol. The number of rotatable bonds is 6. The van der Waals surface area contributed by atoms with Crippen LogP contribution in [-0.4, -0.2) is 30.1 Å². The van der Waals surface area contributed by atoms with Crippen LogP contribution in [0.15, 0.2) is 23.7 Å². The van der Waals surface area contributed by atoms with E-state index in [0.717, 1.165) is 28.5 Å². The molecule has 2 heterocycles. The van der Waals surface area contributed by atoms with Gasteiger partial charge in [-0.3, -0.25) is 0 Å². The first-order valence-corrected chi connectivity index (χ1v) is 8.46. The summed E-state index contributed by atoms with van der Waals surface area (Å²) in [5.74, 6) is 0.857. The van der Waals surface area contributed by atoms with Gasteiger partial charge in [-0.2, -0.15) is 0 Å². The number of aromatic nitrogens is 2. The Balaban J connectivity index is 1.95. The van der Waals surface area contributed by atoms with Crippen molar-refractivity contribution in [1.82, 2.24) is 20.6 Å². The maximum Gasteiger partial charge on any atom is 0.315 e. The Hall–Kier alpha value is -2.15. The van der Waals surface area contributed by atoms with Crippen LogP contribution in [0.25, 0.3) is 0 Å². The summed E-state index contributed by atoms with van der Waals surface area (Å²) >= 11 is 1.57. The van der Waals surface area contributed by atoms with Crippen LogP contribution < -0.4 is 15.5 Å². The molecule has 0 saturated carbocycles. The summed E-state index contributed by atoms with van der Waals surface area (Å²) in [6.45, 7) is 4.42. The van der Waals surface area contributed by atoms with Crippen LogP contribution in [0.4, 0.5) is 10.6 Å². The lowest BCUT2D eigenvalue weighted by Crippen LogP contribution is -2.37. The van der Waals surface area contributed by atoms with Gasteiger partial charge in [0.2, 0.25) is 0 Å². The molecular formula is C16H23N5OS. The fourth-order valence-electron chi connectivity index (χ4n) is 2.23. The first kappa shape index (κ1) is 17.2. The van der Waals surface area contributed by atoms with E-state index in [0.29, 0.717) is 6.54 Å². The van der Waals surface area contributed by atoms with E-state index >= 15 is 0 Å². The highest BCUT2D eigenvalue weighted by atomic mass is 32.1. The van der Waals surface area contributed by atoms with E-state index in [4.69, 9.17) is 0 Å². The molecule has 0 bridgehead atoms. The van der Waals surface area contributed by atoms with Crippen LogP contribution in [0.5, 0.6) is 0 Å². The van der Waals surface area contributed by atoms with Gasteiger partial charge >= 0.3 is 6.03 Å². The molecule has 2 aromatic heterocycles. The van der Waals surface area contributed by atoms with Crippen molar-refractivity contribution >= 4 is 23.2 Å². The van der Waals surface area contributed by atoms with Gasteiger partial charge in [-0.15, -0.1) is 11.3 Å². The molecule has 23 heavy (non-hydrogen) atoms. The summed E-state index contributed by atoms with van der Waals surface area (Å²) in [5, 5.41) is 8.81. The molecular weight excluding hydrogens is 310 g/mol. The molecule has 0 spiro atoms. The third-order valence-electron chi connectivity index (χ3n) is 3.38. The van der Waals surface area contributed by atoms with Crippen LogP contribution in [-0.2, 0) is 6.54 Å². The van der Waals surface area contributed by atoms with Crippen LogP contribution >= 0.6 is 11.3 Å². The molecule has 0 aliphatic heterocycles. The number of urea groups is 1. The molecule has 0 radical (unpaired) electrons. The molecule has 0 fully saturated rings. The zero-order valence-corrected chi connectivity index (χ0v) is 14.8. The zero-order valence-electron chi connectivity index (χ0n) is 14.0. The second-order valence-corrected chi connectivity index (χ2v) is 6.39. The molecule has 2 N–H and O–H groups in total. The van der Waals surface area contributed by atoms with Gasteiger partial charge < -0.3 is 15.5 Å². The van der Waals surface area contributed by atoms with Crippen molar-refractivity contribution in [2.45, 2.75) is 32.9 Å². The lowest BCUT2D eigenvalue weighted by atomic mass is 10.2. The van der Waals surface area contributed by atoms with Crippen molar-refractivity contribution in [2.75, 3.05) is 19.0 Å². The van der Waals surface area contributed by atoms with Crippen molar-refractivity contribution in [1.29, 1.82) is 0 Å². The van der Waals surface area contributed by atoms with Gasteiger partial charge in [0.25, 0.3) is 0 Å². The van der Waals surface area contributed by atoms with Crippen molar-refractivity contribution in [3.05, 3.63) is 40.0 Å². The van der Waals surface area contributed by atoms with E-state index in [1.165, 1.54) is 0 Å². The molecule has 2 aromatic rings. The fraction of sp³-hybridized carbons (Fsp3) is 0.438. The van der Waals surface area contributed by atoms with E-state index in [9.17, 15) is 4.79 Å². The van der Waals surface area contributed by atoms with Crippen LogP contribution in [0, 0.1) is 6.92 Å². The van der Waals surface area contributed by atoms with E-state index in [1.54, 1.807) is 17.5 Å². The quantitative estimate of drug-likeness (QED) is 0.853. The Morgan fingerprint density at radius 1 is 1.43 bits per heavy atom. The number of aryl methyl sites for hydroxylation is 1. The Labute approximate surface area is 141 Å². The number of carbonyl (C=O) groups excluding carboxylic acids is 1. The molecule has 0 unspecified atom stereocenters. The second-order valence-electron chi connectivity index (χ2n) is 5.50. The summed E-state index contributed by atoms with van der Waals surface area (Å²) in [5.41, 5.74) is 1.96. The highest BCUT2D eigenvalue weighted by Gasteiger charge is 2.16. The molecule has 2 amide bonds. The number of anilines is 1. The van der Waals surface area contributed by atoms with Crippen molar-refractivity contribution in [2.24, 2.45) is 0 Å². The van der Waals surface area contributed by atoms with Gasteiger partial charge in [-0.25, -0.2) is 14.8 Å². The minimum atomic E-state index is -0.196. The van der Waals surface area contributed by atoms with Gasteiger partial charge in [0.05, 0.1) is 6.04 Å². The number of hydrogen-bond acceptors (Lipinski definition) is 5. The SMILES string of the molecule is CC[C@H](NC(=O)NCc1cccnc1N(C)C)c1nc(C)cs1. The second kappa shape index (κ2) is 7.92. The monoisotopic (exact) mass is 333 g/mol. The lowest BCUT2D eigenvalue weighted by Gasteiger charge is -2.18. The standard InChI is InChI=1S/C16H23N5OS/c1-5-13(15-19-11(2)10-23-15)20-16(22)18-9-12-7-6-8-17-14(12)21(3)4/h6-8,10,13H,5,9H2,1-4H3,(H2,18,20,22)/t13-/m0/s1. The Kier molecular flexibility index (Phi) is 5.92. The molecule has 1 atom stereocenters. The minimum Gasteiger partial charge on any atom is -0.362 e. The Morgan fingerprint density at radius 3 is 2.83 bits per heavy atom. The molecule has 0 aliphatic rings. The van der Waals surface area contributed by atoms with Crippen LogP contribution in [0.1, 0.15) is 35.7 Å². The summed E-state index contributed by atoms with van der Waals surface area (Å²) in [6.07, 6.45) is 2.55. The van der Waals surface area contributed by atoms with Gasteiger partial charge in [0.15, 0.2) is 0 Å². The largest absolute Gasteiger partial charge is 0.362 e. The minimum absolute atomic E-state index is 0.0593. The topological polar surface area (TPSA) is 70.2 Å². The number of nitrogens with one attached hydrogen (secondary N) is 2. The van der Waals surface area contributed by atoms with Crippen molar-refractivity contribution in [3.8, 4) is 0 Å². The predicted octanol–water partition coefficient (Wildman–Crippen LogP) is 2.86. The van der Waals surface area contributed by atoms with Gasteiger partial charge in [0, 0.05) is 43.5 Å². The molecule has 0 aromatic carbocycles. The number of amides is 2. The third kappa shape index (κ3) is 4.66. The average Bonchev–Trinajstić information content (AvgIpc) is 2.97. The van der Waals surface area contributed by atoms with Gasteiger partial charge in [0.1, 0.15) is 10.8 Å². The summed E-state index contributed by atoms with van der Waals surface area (Å²) in [7, 11) is 3.87. The number of hydrogen-bond donors (Lipinski definition) is 2. The molecule has 0 aliphatic carbocycles. The van der Waals surface area contributed by atoms with Crippen LogP contribution in [0.3, 0.4) is 0 Å². The highest BCUT2D eigenvalue weighted by Crippen LogP contribution is 2.20. The number of thiazole rings is 1. The molecule has 6 nitrogen and oxygen atoms in total. The summed E-state index contributed by atoms with van der Waals surface area (Å²) < 4.78 is 0. The molecule has 2 rings (SSSR count). The molecule has 7 heteroatoms. The van der Waals surface area contributed by atoms with E-state index < -0.39 is 0 Å². The van der Waals surface area contributed by atoms with Gasteiger partial charge in [-0.1, -0.05) is 13.0 Å². The maximum absolute atomic E-state index is 12.2. The Morgan fingerprint density at radius 2 is 2.22 bits per heavy atom. The summed E-state index contributed by atoms with van der Waals surface area (Å²) in [4.78, 5) is 22.9. The normalized spacial score (nSPS) is 11.8. The van der Waals surface area contributed by atoms with E-state index in [2.05, 4.69) is 20.6 Å². The number of pyridine rings is 1. The van der Waals surface area contributed by atoms with Crippen molar-refractivity contribution in [3.63, 3.8) is 0 Å². The first-order valence-electron chi connectivity index (χ1n) is 7.58. The van der Waals surface area contributed by atoms with Gasteiger partial charge in [-0.05, 0) is 19.4 Å². The first-order chi connectivity index (χ1) is 11.0. The zero-order chi connectivity index (χ0) is 16.8. The lowest BCUT2D eigenvalue weighted by molar-refractivity contribution is 0.236. The van der Waals surface area contributed by atoms with E-state index in [1.807, 2.05) is 50.4 Å². The fourth-order valence-corrected chi connectivity index (χ4v) is 3.16. The van der Waals surface area contributed by atoms with Crippen molar-refractivity contribution < 1.29 is 4.79 Å². The molecule has 0 saturated heterocycles. The smallest absolute Gasteiger partial charge is 0.315 e.